The van der Waals surface area contributed by atoms with E-state index in [1.807, 2.05) is 0 Å². The number of alkyl halides is 3. The minimum Gasteiger partial charge on any atom is -0.507 e. The zero-order valence-corrected chi connectivity index (χ0v) is 12.2. The van der Waals surface area contributed by atoms with Crippen LogP contribution in [-0.2, 0) is 10.1 Å². The van der Waals surface area contributed by atoms with E-state index in [4.69, 9.17) is 4.74 Å². The van der Waals surface area contributed by atoms with Gasteiger partial charge in [-0.2, -0.15) is 21.6 Å². The molecule has 0 spiro atoms. The highest BCUT2D eigenvalue weighted by Crippen LogP contribution is 2.41. The van der Waals surface area contributed by atoms with Gasteiger partial charge in [0.25, 0.3) is 0 Å². The predicted octanol–water partition coefficient (Wildman–Crippen LogP) is 3.09. The predicted molar refractivity (Wildman–Crippen MR) is 72.5 cm³/mol. The first-order valence-electron chi connectivity index (χ1n) is 5.88. The molecule has 0 saturated carbocycles. The molecule has 2 aromatic carbocycles. The van der Waals surface area contributed by atoms with Crippen LogP contribution in [0.25, 0.3) is 10.8 Å². The van der Waals surface area contributed by atoms with Gasteiger partial charge in [-0.15, -0.1) is 0 Å². The average molecular weight is 336 g/mol. The van der Waals surface area contributed by atoms with Crippen molar-refractivity contribution in [1.82, 2.24) is 0 Å². The third kappa shape index (κ3) is 2.76. The van der Waals surface area contributed by atoms with Gasteiger partial charge in [-0.3, -0.25) is 0 Å². The van der Waals surface area contributed by atoms with E-state index in [-0.39, 0.29) is 22.3 Å². The third-order valence-electron chi connectivity index (χ3n) is 2.86. The van der Waals surface area contributed by atoms with E-state index in [9.17, 15) is 26.7 Å². The van der Waals surface area contributed by atoms with Crippen molar-refractivity contribution in [3.05, 3.63) is 29.8 Å². The van der Waals surface area contributed by atoms with Gasteiger partial charge in [0.1, 0.15) is 11.5 Å². The molecule has 0 aliphatic heterocycles. The summed E-state index contributed by atoms with van der Waals surface area (Å²) >= 11 is 0. The van der Waals surface area contributed by atoms with E-state index in [2.05, 4.69) is 4.18 Å². The molecule has 0 heterocycles. The second kappa shape index (κ2) is 5.24. The molecule has 0 aliphatic rings. The number of ether oxygens (including phenoxy) is 1. The number of halogens is 3. The lowest BCUT2D eigenvalue weighted by Crippen LogP contribution is -2.28. The van der Waals surface area contributed by atoms with E-state index < -0.39 is 21.4 Å². The van der Waals surface area contributed by atoms with E-state index in [0.29, 0.717) is 5.56 Å². The van der Waals surface area contributed by atoms with Crippen molar-refractivity contribution in [2.45, 2.75) is 12.4 Å². The molecule has 22 heavy (non-hydrogen) atoms. The Bertz CT molecular complexity index is 828. The Morgan fingerprint density at radius 3 is 2.32 bits per heavy atom. The monoisotopic (exact) mass is 336 g/mol. The van der Waals surface area contributed by atoms with Gasteiger partial charge in [0, 0.05) is 5.39 Å². The number of fused-ring (bicyclic) bond motifs is 1. The Morgan fingerprint density at radius 2 is 1.77 bits per heavy atom. The van der Waals surface area contributed by atoms with Crippen molar-refractivity contribution in [2.75, 3.05) is 7.11 Å². The highest BCUT2D eigenvalue weighted by molar-refractivity contribution is 7.88. The lowest BCUT2D eigenvalue weighted by molar-refractivity contribution is -0.0499. The van der Waals surface area contributed by atoms with E-state index >= 15 is 0 Å². The molecule has 120 valence electrons. The minimum atomic E-state index is -5.81. The summed E-state index contributed by atoms with van der Waals surface area (Å²) in [4.78, 5) is 0. The van der Waals surface area contributed by atoms with E-state index in [1.165, 1.54) is 13.2 Å². The second-order valence-corrected chi connectivity index (χ2v) is 5.99. The molecule has 0 fully saturated rings. The highest BCUT2D eigenvalue weighted by Gasteiger charge is 2.48. The Kier molecular flexibility index (Phi) is 3.86. The lowest BCUT2D eigenvalue weighted by Gasteiger charge is -2.14. The van der Waals surface area contributed by atoms with Crippen molar-refractivity contribution in [3.63, 3.8) is 0 Å². The molecule has 1 N–H and O–H groups in total. The maximum Gasteiger partial charge on any atom is 0.534 e. The SMILES string of the molecule is COc1cc(C)cc2c(OS(=O)(=O)C(F)(F)F)ccc(O)c12. The van der Waals surface area contributed by atoms with Crippen molar-refractivity contribution in [1.29, 1.82) is 0 Å². The second-order valence-electron chi connectivity index (χ2n) is 4.46. The number of hydrogen-bond acceptors (Lipinski definition) is 5. The summed E-state index contributed by atoms with van der Waals surface area (Å²) in [6, 6.07) is 4.91. The third-order valence-corrected chi connectivity index (χ3v) is 3.83. The van der Waals surface area contributed by atoms with Crippen molar-refractivity contribution in [3.8, 4) is 17.2 Å². The Hall–Kier alpha value is -2.16. The summed E-state index contributed by atoms with van der Waals surface area (Å²) in [6.45, 7) is 1.63. The Morgan fingerprint density at radius 1 is 1.14 bits per heavy atom. The summed E-state index contributed by atoms with van der Waals surface area (Å²) in [5.41, 5.74) is -4.96. The van der Waals surface area contributed by atoms with Crippen LogP contribution in [0.15, 0.2) is 24.3 Å². The molecule has 0 atom stereocenters. The van der Waals surface area contributed by atoms with Crippen LogP contribution in [0.2, 0.25) is 0 Å². The van der Waals surface area contributed by atoms with Gasteiger partial charge in [-0.1, -0.05) is 0 Å². The number of phenols is 1. The summed E-state index contributed by atoms with van der Waals surface area (Å²) in [7, 11) is -4.50. The largest absolute Gasteiger partial charge is 0.534 e. The number of methoxy groups -OCH3 is 1. The molecule has 0 amide bonds. The molecule has 0 saturated heterocycles. The average Bonchev–Trinajstić information content (AvgIpc) is 2.39. The lowest BCUT2D eigenvalue weighted by atomic mass is 10.0. The number of hydrogen-bond donors (Lipinski definition) is 1. The fraction of sp³-hybridized carbons (Fsp3) is 0.231. The molecule has 2 rings (SSSR count). The molecule has 0 aliphatic carbocycles. The molecule has 2 aromatic rings. The molecule has 0 aromatic heterocycles. The van der Waals surface area contributed by atoms with Crippen LogP contribution in [0.1, 0.15) is 5.56 Å². The summed E-state index contributed by atoms with van der Waals surface area (Å²) in [5, 5.41) is 9.90. The van der Waals surface area contributed by atoms with Gasteiger partial charge < -0.3 is 14.0 Å². The zero-order valence-electron chi connectivity index (χ0n) is 11.4. The first-order chi connectivity index (χ1) is 10.1. The molecule has 0 unspecified atom stereocenters. The summed E-state index contributed by atoms with van der Waals surface area (Å²) in [5.74, 6) is -0.641. The van der Waals surface area contributed by atoms with Crippen LogP contribution >= 0.6 is 0 Å². The van der Waals surface area contributed by atoms with Gasteiger partial charge in [-0.05, 0) is 36.8 Å². The molecule has 9 heteroatoms. The van der Waals surface area contributed by atoms with Crippen molar-refractivity contribution in [2.24, 2.45) is 0 Å². The fourth-order valence-electron chi connectivity index (χ4n) is 1.94. The first kappa shape index (κ1) is 16.2. The number of rotatable bonds is 3. The molecule has 0 radical (unpaired) electrons. The van der Waals surface area contributed by atoms with Gasteiger partial charge in [0.05, 0.1) is 12.5 Å². The van der Waals surface area contributed by atoms with Crippen LogP contribution in [-0.4, -0.2) is 26.1 Å². The standard InChI is InChI=1S/C13H11F3O5S/c1-7-5-8-10(21-22(18,19)13(14,15)16)4-3-9(17)12(8)11(6-7)20-2/h3-6,17H,1-2H3. The maximum atomic E-state index is 12.4. The normalized spacial score (nSPS) is 12.4. The van der Waals surface area contributed by atoms with E-state index in [1.54, 1.807) is 13.0 Å². The highest BCUT2D eigenvalue weighted by atomic mass is 32.2. The Balaban J connectivity index is 2.72. The smallest absolute Gasteiger partial charge is 0.507 e. The minimum absolute atomic E-state index is 0.00956. The molecule has 0 bridgehead atoms. The number of aromatic hydroxyl groups is 1. The van der Waals surface area contributed by atoms with E-state index in [0.717, 1.165) is 12.1 Å². The van der Waals surface area contributed by atoms with Crippen LogP contribution < -0.4 is 8.92 Å². The van der Waals surface area contributed by atoms with Crippen molar-refractivity contribution >= 4 is 20.9 Å². The quantitative estimate of drug-likeness (QED) is 0.689. The molecular weight excluding hydrogens is 325 g/mol. The van der Waals surface area contributed by atoms with Gasteiger partial charge in [0.2, 0.25) is 0 Å². The maximum absolute atomic E-state index is 12.4. The van der Waals surface area contributed by atoms with Crippen molar-refractivity contribution < 1.29 is 35.6 Å². The summed E-state index contributed by atoms with van der Waals surface area (Å²) < 4.78 is 68.8. The number of aryl methyl sites for hydroxylation is 1. The van der Waals surface area contributed by atoms with Gasteiger partial charge >= 0.3 is 15.6 Å². The zero-order chi connectivity index (χ0) is 16.7. The fourth-order valence-corrected chi connectivity index (χ4v) is 2.41. The van der Waals surface area contributed by atoms with Crippen LogP contribution in [0.5, 0.6) is 17.2 Å². The van der Waals surface area contributed by atoms with Gasteiger partial charge in [0.15, 0.2) is 5.75 Å². The van der Waals surface area contributed by atoms with Crippen LogP contribution in [0, 0.1) is 6.92 Å². The van der Waals surface area contributed by atoms with Crippen LogP contribution in [0.3, 0.4) is 0 Å². The van der Waals surface area contributed by atoms with Gasteiger partial charge in [-0.25, -0.2) is 0 Å². The Labute approximate surface area is 124 Å². The van der Waals surface area contributed by atoms with Crippen LogP contribution in [0.4, 0.5) is 13.2 Å². The number of benzene rings is 2. The first-order valence-corrected chi connectivity index (χ1v) is 7.28. The number of phenolic OH excluding ortho intramolecular Hbond substituents is 1. The topological polar surface area (TPSA) is 72.8 Å². The molecule has 5 nitrogen and oxygen atoms in total. The molecular formula is C13H11F3O5S. The summed E-state index contributed by atoms with van der Waals surface area (Å²) in [6.07, 6.45) is 0.